The average Bonchev–Trinajstić information content (AvgIpc) is 2.34. The van der Waals surface area contributed by atoms with Crippen LogP contribution in [0, 0.1) is 19.3 Å². The topological polar surface area (TPSA) is 64.9 Å². The van der Waals surface area contributed by atoms with Crippen molar-refractivity contribution in [1.82, 2.24) is 10.1 Å². The zero-order valence-electron chi connectivity index (χ0n) is 5.53. The van der Waals surface area contributed by atoms with Crippen LogP contribution in [0.4, 0.5) is 0 Å². The number of hydrogen-bond donors (Lipinski definition) is 1. The van der Waals surface area contributed by atoms with Crippen molar-refractivity contribution in [3.63, 3.8) is 0 Å². The fraction of sp³-hybridized carbons (Fsp3) is 0.333. The molecule has 1 heterocycles. The second-order valence-corrected chi connectivity index (χ2v) is 1.82. The fourth-order valence-corrected chi connectivity index (χ4v) is 0.511. The highest BCUT2D eigenvalue weighted by Gasteiger charge is 2.08. The summed E-state index contributed by atoms with van der Waals surface area (Å²) in [6.07, 6.45) is 5.01. The van der Waals surface area contributed by atoms with Crippen molar-refractivity contribution in [2.24, 2.45) is 5.73 Å². The predicted octanol–water partition coefficient (Wildman–Crippen LogP) is 0.0110. The van der Waals surface area contributed by atoms with Crippen molar-refractivity contribution >= 4 is 0 Å². The Morgan fingerprint density at radius 1 is 1.80 bits per heavy atom. The van der Waals surface area contributed by atoms with E-state index in [0.29, 0.717) is 11.7 Å². The summed E-state index contributed by atoms with van der Waals surface area (Å²) in [6, 6.07) is -0.582. The summed E-state index contributed by atoms with van der Waals surface area (Å²) < 4.78 is 4.69. The van der Waals surface area contributed by atoms with Gasteiger partial charge in [0.2, 0.25) is 0 Å². The maximum atomic E-state index is 5.38. The SMILES string of the molecule is C#CC(N)c1nc(C)no1. The minimum absolute atomic E-state index is 0.292. The molecule has 2 N–H and O–H groups in total. The Morgan fingerprint density at radius 3 is 2.90 bits per heavy atom. The lowest BCUT2D eigenvalue weighted by atomic mass is 10.3. The van der Waals surface area contributed by atoms with Crippen LogP contribution >= 0.6 is 0 Å². The summed E-state index contributed by atoms with van der Waals surface area (Å²) in [6.45, 7) is 1.70. The lowest BCUT2D eigenvalue weighted by Crippen LogP contribution is -2.07. The molecule has 0 saturated heterocycles. The second kappa shape index (κ2) is 2.50. The van der Waals surface area contributed by atoms with Crippen LogP contribution in [0.5, 0.6) is 0 Å². The smallest absolute Gasteiger partial charge is 0.255 e. The minimum Gasteiger partial charge on any atom is -0.337 e. The van der Waals surface area contributed by atoms with E-state index in [9.17, 15) is 0 Å². The Balaban J connectivity index is 2.87. The van der Waals surface area contributed by atoms with Crippen molar-refractivity contribution in [3.8, 4) is 12.3 Å². The number of nitrogens with two attached hydrogens (primary N) is 1. The third-order valence-electron chi connectivity index (χ3n) is 0.989. The Hall–Kier alpha value is -1.34. The van der Waals surface area contributed by atoms with Crippen LogP contribution < -0.4 is 5.73 Å². The summed E-state index contributed by atoms with van der Waals surface area (Å²) in [5.74, 6) is 3.11. The van der Waals surface area contributed by atoms with E-state index >= 15 is 0 Å². The molecule has 0 amide bonds. The van der Waals surface area contributed by atoms with Gasteiger partial charge in [-0.25, -0.2) is 0 Å². The largest absolute Gasteiger partial charge is 0.337 e. The molecule has 4 heteroatoms. The van der Waals surface area contributed by atoms with E-state index in [-0.39, 0.29) is 0 Å². The first-order valence-electron chi connectivity index (χ1n) is 2.76. The normalized spacial score (nSPS) is 12.5. The fourth-order valence-electron chi connectivity index (χ4n) is 0.511. The van der Waals surface area contributed by atoms with E-state index in [1.54, 1.807) is 6.92 Å². The van der Waals surface area contributed by atoms with Crippen molar-refractivity contribution in [1.29, 1.82) is 0 Å². The van der Waals surface area contributed by atoms with Gasteiger partial charge in [0.05, 0.1) is 0 Å². The molecule has 1 rings (SSSR count). The van der Waals surface area contributed by atoms with Gasteiger partial charge in [-0.3, -0.25) is 0 Å². The number of terminal acetylenes is 1. The van der Waals surface area contributed by atoms with Gasteiger partial charge in [0.1, 0.15) is 6.04 Å². The molecule has 1 aromatic heterocycles. The summed E-state index contributed by atoms with van der Waals surface area (Å²) >= 11 is 0. The van der Waals surface area contributed by atoms with Gasteiger partial charge in [-0.15, -0.1) is 6.42 Å². The predicted molar refractivity (Wildman–Crippen MR) is 34.8 cm³/mol. The lowest BCUT2D eigenvalue weighted by Gasteiger charge is -1.91. The highest BCUT2D eigenvalue weighted by Crippen LogP contribution is 2.04. The first-order chi connectivity index (χ1) is 4.74. The monoisotopic (exact) mass is 137 g/mol. The molecule has 0 bridgehead atoms. The molecule has 0 saturated carbocycles. The molecule has 0 aliphatic rings. The first-order valence-corrected chi connectivity index (χ1v) is 2.76. The van der Waals surface area contributed by atoms with Crippen molar-refractivity contribution in [2.75, 3.05) is 0 Å². The minimum atomic E-state index is -0.582. The molecular formula is C6H7N3O. The van der Waals surface area contributed by atoms with E-state index in [1.165, 1.54) is 0 Å². The summed E-state index contributed by atoms with van der Waals surface area (Å²) in [4.78, 5) is 3.84. The van der Waals surface area contributed by atoms with Crippen molar-refractivity contribution < 1.29 is 4.52 Å². The molecule has 1 unspecified atom stereocenters. The quantitative estimate of drug-likeness (QED) is 0.554. The van der Waals surface area contributed by atoms with Gasteiger partial charge in [-0.05, 0) is 6.92 Å². The molecule has 0 aliphatic carbocycles. The van der Waals surface area contributed by atoms with Gasteiger partial charge in [-0.2, -0.15) is 4.98 Å². The first kappa shape index (κ1) is 6.78. The van der Waals surface area contributed by atoms with Crippen molar-refractivity contribution in [3.05, 3.63) is 11.7 Å². The molecule has 1 atom stereocenters. The molecule has 52 valence electrons. The third-order valence-corrected chi connectivity index (χ3v) is 0.989. The summed E-state index contributed by atoms with van der Waals surface area (Å²) in [7, 11) is 0. The van der Waals surface area contributed by atoms with Crippen LogP contribution in [-0.4, -0.2) is 10.1 Å². The molecule has 0 aromatic carbocycles. The van der Waals surface area contributed by atoms with Gasteiger partial charge in [0, 0.05) is 0 Å². The van der Waals surface area contributed by atoms with Crippen LogP contribution in [-0.2, 0) is 0 Å². The van der Waals surface area contributed by atoms with Crippen LogP contribution in [0.2, 0.25) is 0 Å². The van der Waals surface area contributed by atoms with Crippen LogP contribution in [0.15, 0.2) is 4.52 Å². The zero-order valence-corrected chi connectivity index (χ0v) is 5.53. The van der Waals surface area contributed by atoms with Gasteiger partial charge in [-0.1, -0.05) is 11.1 Å². The Morgan fingerprint density at radius 2 is 2.50 bits per heavy atom. The lowest BCUT2D eigenvalue weighted by molar-refractivity contribution is 0.368. The van der Waals surface area contributed by atoms with Crippen LogP contribution in [0.25, 0.3) is 0 Å². The standard InChI is InChI=1S/C6H7N3O/c1-3-5(7)6-8-4(2)9-10-6/h1,5H,7H2,2H3. The zero-order chi connectivity index (χ0) is 7.56. The van der Waals surface area contributed by atoms with Gasteiger partial charge < -0.3 is 10.3 Å². The van der Waals surface area contributed by atoms with E-state index in [2.05, 4.69) is 20.6 Å². The van der Waals surface area contributed by atoms with Crippen LogP contribution in [0.3, 0.4) is 0 Å². The average molecular weight is 137 g/mol. The second-order valence-electron chi connectivity index (χ2n) is 1.82. The summed E-state index contributed by atoms with van der Waals surface area (Å²) in [5, 5.41) is 3.52. The molecule has 4 nitrogen and oxygen atoms in total. The third kappa shape index (κ3) is 1.14. The van der Waals surface area contributed by atoms with Crippen molar-refractivity contribution in [2.45, 2.75) is 13.0 Å². The Kier molecular flexibility index (Phi) is 1.69. The number of aromatic nitrogens is 2. The molecule has 0 radical (unpaired) electrons. The van der Waals surface area contributed by atoms with E-state index < -0.39 is 6.04 Å². The number of aryl methyl sites for hydroxylation is 1. The number of hydrogen-bond acceptors (Lipinski definition) is 4. The highest BCUT2D eigenvalue weighted by atomic mass is 16.5. The Labute approximate surface area is 58.4 Å². The van der Waals surface area contributed by atoms with E-state index in [4.69, 9.17) is 12.2 Å². The number of nitrogens with zero attached hydrogens (tertiary/aromatic N) is 2. The Bertz CT molecular complexity index is 260. The maximum Gasteiger partial charge on any atom is 0.255 e. The van der Waals surface area contributed by atoms with Crippen LogP contribution in [0.1, 0.15) is 17.8 Å². The molecular weight excluding hydrogens is 130 g/mol. The van der Waals surface area contributed by atoms with E-state index in [0.717, 1.165) is 0 Å². The van der Waals surface area contributed by atoms with Gasteiger partial charge in [0.15, 0.2) is 5.82 Å². The maximum absolute atomic E-state index is 5.38. The summed E-state index contributed by atoms with van der Waals surface area (Å²) in [5.41, 5.74) is 5.38. The molecule has 0 spiro atoms. The van der Waals surface area contributed by atoms with Gasteiger partial charge in [0.25, 0.3) is 5.89 Å². The number of rotatable bonds is 1. The molecule has 10 heavy (non-hydrogen) atoms. The molecule has 0 aliphatic heterocycles. The van der Waals surface area contributed by atoms with Gasteiger partial charge >= 0.3 is 0 Å². The highest BCUT2D eigenvalue weighted by molar-refractivity contribution is 5.06. The van der Waals surface area contributed by atoms with E-state index in [1.807, 2.05) is 0 Å². The molecule has 0 fully saturated rings. The molecule has 1 aromatic rings.